The van der Waals surface area contributed by atoms with Crippen molar-refractivity contribution in [3.05, 3.63) is 50.6 Å². The Hall–Kier alpha value is -3.21. The van der Waals surface area contributed by atoms with Gasteiger partial charge in [-0.05, 0) is 86.1 Å². The number of carbonyl (C=O) groups excluding carboxylic acids is 2. The monoisotopic (exact) mass is 694 g/mol. The summed E-state index contributed by atoms with van der Waals surface area (Å²) in [7, 11) is -9.86. The molecule has 2 atom stereocenters. The Kier molecular flexibility index (Phi) is 6.04. The Morgan fingerprint density at radius 3 is 2.33 bits per heavy atom. The standard InChI is InChI=1S/C26H28BrF5N6O4S/c1-25(2,3)42-24(41)36-10-8-26(9-11-36)17-12-16(17)20-19(26)21(40)38-23(34-22(27)35-38)37(20)13-18(39)33-14-4-6-15(7-5-14)43(28,29,30,31)32/h4-7,16-17H,8-13H2,1-3H3,(H,33,39)/t16-,17+/m0/s1. The van der Waals surface area contributed by atoms with Crippen molar-refractivity contribution in [3.8, 4) is 0 Å². The Bertz CT molecular complexity index is 1750. The molecule has 1 saturated heterocycles. The van der Waals surface area contributed by atoms with Gasteiger partial charge in [-0.25, -0.2) is 4.79 Å². The van der Waals surface area contributed by atoms with E-state index < -0.39 is 38.1 Å². The highest BCUT2D eigenvalue weighted by Crippen LogP contribution is 3.02. The Morgan fingerprint density at radius 1 is 1.12 bits per heavy atom. The van der Waals surface area contributed by atoms with Crippen LogP contribution >= 0.6 is 26.2 Å². The first kappa shape index (κ1) is 29.8. The highest BCUT2D eigenvalue weighted by Gasteiger charge is 2.66. The van der Waals surface area contributed by atoms with E-state index in [1.165, 1.54) is 0 Å². The fourth-order valence-electron chi connectivity index (χ4n) is 6.53. The second-order valence-electron chi connectivity index (χ2n) is 12.4. The van der Waals surface area contributed by atoms with E-state index in [0.29, 0.717) is 37.2 Å². The molecule has 2 aliphatic carbocycles. The number of halogens is 6. The zero-order valence-electron chi connectivity index (χ0n) is 23.3. The van der Waals surface area contributed by atoms with Gasteiger partial charge in [0.05, 0.1) is 0 Å². The zero-order chi connectivity index (χ0) is 31.4. The number of likely N-dealkylation sites (tertiary alicyclic amines) is 1. The number of anilines is 1. The van der Waals surface area contributed by atoms with Gasteiger partial charge in [-0.3, -0.25) is 9.59 Å². The van der Waals surface area contributed by atoms with E-state index in [-0.39, 0.29) is 52.3 Å². The van der Waals surface area contributed by atoms with Gasteiger partial charge in [0.15, 0.2) is 0 Å². The maximum absolute atomic E-state index is 13.8. The summed E-state index contributed by atoms with van der Waals surface area (Å²) in [6.07, 6.45) is 1.39. The van der Waals surface area contributed by atoms with Crippen LogP contribution in [0.2, 0.25) is 0 Å². The van der Waals surface area contributed by atoms with Gasteiger partial charge >= 0.3 is 16.3 Å². The van der Waals surface area contributed by atoms with E-state index in [2.05, 4.69) is 31.3 Å². The van der Waals surface area contributed by atoms with Crippen LogP contribution in [0.25, 0.3) is 5.78 Å². The molecule has 43 heavy (non-hydrogen) atoms. The summed E-state index contributed by atoms with van der Waals surface area (Å²) in [5, 5.41) is 6.63. The zero-order valence-corrected chi connectivity index (χ0v) is 25.7. The predicted molar refractivity (Wildman–Crippen MR) is 151 cm³/mol. The third-order valence-corrected chi connectivity index (χ3v) is 9.80. The average molecular weight is 696 g/mol. The molecular formula is C26H28BrF5N6O4S. The van der Waals surface area contributed by atoms with Crippen molar-refractivity contribution < 1.29 is 33.8 Å². The molecule has 234 valence electrons. The maximum atomic E-state index is 13.8. The lowest BCUT2D eigenvalue weighted by molar-refractivity contribution is -0.116. The SMILES string of the molecule is CC(C)(C)OC(=O)N1CCC2(CC1)c1c(n(CC(=O)Nc3ccc(S(F)(F)(F)(F)F)cc3)c3nc(Br)nn3c1=O)[C@H]1C[C@H]12. The first-order valence-corrected chi connectivity index (χ1v) is 16.2. The highest BCUT2D eigenvalue weighted by molar-refractivity contribution is 9.10. The minimum absolute atomic E-state index is 0.0270. The Labute approximate surface area is 250 Å². The Morgan fingerprint density at radius 2 is 1.74 bits per heavy atom. The number of benzene rings is 1. The second-order valence-corrected chi connectivity index (χ2v) is 15.5. The summed E-state index contributed by atoms with van der Waals surface area (Å²) >= 11 is 3.19. The molecule has 3 aliphatic rings. The molecule has 1 saturated carbocycles. The molecule has 10 nitrogen and oxygen atoms in total. The van der Waals surface area contributed by atoms with E-state index in [1.807, 2.05) is 0 Å². The number of amides is 2. The smallest absolute Gasteiger partial charge is 0.410 e. The summed E-state index contributed by atoms with van der Waals surface area (Å²) in [5.74, 6) is -0.457. The molecule has 1 aromatic carbocycles. The predicted octanol–water partition coefficient (Wildman–Crippen LogP) is 6.34. The lowest BCUT2D eigenvalue weighted by Crippen LogP contribution is -2.49. The minimum atomic E-state index is -9.86. The molecule has 1 N–H and O–H groups in total. The summed E-state index contributed by atoms with van der Waals surface area (Å²) in [6.45, 7) is 5.77. The fourth-order valence-corrected chi connectivity index (χ4v) is 7.49. The van der Waals surface area contributed by atoms with Crippen molar-refractivity contribution in [2.75, 3.05) is 18.4 Å². The summed E-state index contributed by atoms with van der Waals surface area (Å²) in [4.78, 5) is 43.6. The third kappa shape index (κ3) is 5.27. The fraction of sp³-hybridized carbons (Fsp3) is 0.500. The molecule has 17 heteroatoms. The summed E-state index contributed by atoms with van der Waals surface area (Å²) in [6, 6.07) is 1.97. The van der Waals surface area contributed by atoms with E-state index in [9.17, 15) is 33.8 Å². The largest absolute Gasteiger partial charge is 0.444 e. The van der Waals surface area contributed by atoms with E-state index in [1.54, 1.807) is 30.2 Å². The number of ether oxygens (including phenoxy) is 1. The number of nitrogens with zero attached hydrogens (tertiary/aromatic N) is 5. The third-order valence-electron chi connectivity index (χ3n) is 8.30. The van der Waals surface area contributed by atoms with E-state index in [0.717, 1.165) is 23.1 Å². The quantitative estimate of drug-likeness (QED) is 0.320. The number of hydrogen-bond donors (Lipinski definition) is 1. The van der Waals surface area contributed by atoms with Crippen LogP contribution < -0.4 is 10.9 Å². The number of aromatic nitrogens is 4. The van der Waals surface area contributed by atoms with Crippen molar-refractivity contribution >= 4 is 49.6 Å². The topological polar surface area (TPSA) is 111 Å². The molecule has 1 aliphatic heterocycles. The Balaban J connectivity index is 1.31. The lowest BCUT2D eigenvalue weighted by Gasteiger charge is -2.41. The number of nitrogens with one attached hydrogen (secondary N) is 1. The molecule has 3 aromatic rings. The molecule has 0 bridgehead atoms. The van der Waals surface area contributed by atoms with Crippen LogP contribution in [0.4, 0.5) is 29.9 Å². The maximum Gasteiger partial charge on any atom is 0.410 e. The summed E-state index contributed by atoms with van der Waals surface area (Å²) in [5.41, 5.74) is -0.482. The van der Waals surface area contributed by atoms with Crippen LogP contribution in [0.1, 0.15) is 57.2 Å². The normalized spacial score (nSPS) is 22.5. The molecule has 3 heterocycles. The van der Waals surface area contributed by atoms with Crippen LogP contribution in [-0.4, -0.2) is 54.8 Å². The van der Waals surface area contributed by atoms with Crippen molar-refractivity contribution in [2.24, 2.45) is 5.92 Å². The number of hydrogen-bond acceptors (Lipinski definition) is 6. The first-order chi connectivity index (χ1) is 19.7. The van der Waals surface area contributed by atoms with Crippen molar-refractivity contribution in [3.63, 3.8) is 0 Å². The van der Waals surface area contributed by atoms with Crippen LogP contribution in [0.15, 0.2) is 38.7 Å². The molecule has 6 rings (SSSR count). The summed E-state index contributed by atoms with van der Waals surface area (Å²) < 4.78 is 73.8. The van der Waals surface area contributed by atoms with E-state index in [4.69, 9.17) is 4.74 Å². The average Bonchev–Trinajstić information content (AvgIpc) is 3.50. The molecule has 1 spiro atoms. The van der Waals surface area contributed by atoms with Crippen LogP contribution in [-0.2, 0) is 21.5 Å². The van der Waals surface area contributed by atoms with Gasteiger partial charge in [-0.15, -0.1) is 5.10 Å². The number of piperidine rings is 1. The minimum Gasteiger partial charge on any atom is -0.444 e. The van der Waals surface area contributed by atoms with Crippen LogP contribution in [0, 0.1) is 5.92 Å². The van der Waals surface area contributed by atoms with E-state index >= 15 is 0 Å². The van der Waals surface area contributed by atoms with Gasteiger partial charge in [0.25, 0.3) is 5.56 Å². The second kappa shape index (κ2) is 8.70. The van der Waals surface area contributed by atoms with Gasteiger partial charge in [0.1, 0.15) is 17.0 Å². The van der Waals surface area contributed by atoms with Crippen molar-refractivity contribution in [2.45, 2.75) is 68.4 Å². The molecule has 2 fully saturated rings. The highest BCUT2D eigenvalue weighted by atomic mass is 79.9. The van der Waals surface area contributed by atoms with Gasteiger partial charge in [0.2, 0.25) is 16.4 Å². The first-order valence-electron chi connectivity index (χ1n) is 13.5. The van der Waals surface area contributed by atoms with Crippen LogP contribution in [0.5, 0.6) is 0 Å². The van der Waals surface area contributed by atoms with Crippen LogP contribution in [0.3, 0.4) is 0 Å². The molecule has 2 aromatic heterocycles. The van der Waals surface area contributed by atoms with Crippen molar-refractivity contribution in [1.29, 1.82) is 0 Å². The van der Waals surface area contributed by atoms with Gasteiger partial charge in [0, 0.05) is 41.4 Å². The molecule has 0 unspecified atom stereocenters. The number of rotatable bonds is 4. The number of fused-ring (bicyclic) bond motifs is 6. The molecular weight excluding hydrogens is 667 g/mol. The van der Waals surface area contributed by atoms with Crippen molar-refractivity contribution in [1.82, 2.24) is 24.1 Å². The van der Waals surface area contributed by atoms with Gasteiger partial charge < -0.3 is 19.5 Å². The molecule has 2 amide bonds. The van der Waals surface area contributed by atoms with Gasteiger partial charge in [-0.2, -0.15) is 9.50 Å². The number of carbonyl (C=O) groups is 2. The van der Waals surface area contributed by atoms with Gasteiger partial charge in [-0.1, -0.05) is 19.4 Å². The lowest BCUT2D eigenvalue weighted by atomic mass is 9.71. The molecule has 0 radical (unpaired) electrons.